The maximum Gasteiger partial charge on any atom is 0.416 e. The first-order chi connectivity index (χ1) is 13.2. The van der Waals surface area contributed by atoms with Crippen LogP contribution in [0.1, 0.15) is 30.2 Å². The monoisotopic (exact) mass is 410 g/mol. The molecule has 1 saturated heterocycles. The minimum Gasteiger partial charge on any atom is -0.440 e. The molecule has 2 heterocycles. The lowest BCUT2D eigenvalue weighted by molar-refractivity contribution is -0.137. The molecule has 1 atom stereocenters. The van der Waals surface area contributed by atoms with Crippen LogP contribution >= 0.6 is 0 Å². The van der Waals surface area contributed by atoms with Crippen molar-refractivity contribution in [3.05, 3.63) is 60.0 Å². The largest absolute Gasteiger partial charge is 0.440 e. The van der Waals surface area contributed by atoms with Crippen LogP contribution in [0.2, 0.25) is 0 Å². The summed E-state index contributed by atoms with van der Waals surface area (Å²) in [5.74, 6) is 0.201. The fraction of sp³-hybridized carbons (Fsp3) is 0.316. The van der Waals surface area contributed by atoms with Crippen LogP contribution in [0.15, 0.2) is 57.8 Å². The van der Waals surface area contributed by atoms with Crippen LogP contribution in [0, 0.1) is 0 Å². The van der Waals surface area contributed by atoms with Crippen LogP contribution < -0.4 is 0 Å². The van der Waals surface area contributed by atoms with Crippen molar-refractivity contribution in [2.75, 3.05) is 13.1 Å². The molecule has 28 heavy (non-hydrogen) atoms. The molecular weight excluding hydrogens is 393 g/mol. The molecule has 0 bridgehead atoms. The van der Waals surface area contributed by atoms with E-state index in [0.29, 0.717) is 35.9 Å². The fourth-order valence-electron chi connectivity index (χ4n) is 3.41. The number of oxazole rings is 1. The standard InChI is InChI=1S/C19H17F3N2O3S/c20-19(21,22)14-6-3-7-15(11-14)28(25,26)24-10-4-5-13(12-24)18-23-16-8-1-2-9-17(16)27-18/h1-3,6-9,11,13H,4-5,10,12H2. The number of hydrogen-bond acceptors (Lipinski definition) is 4. The summed E-state index contributed by atoms with van der Waals surface area (Å²) in [6.45, 7) is 0.362. The second kappa shape index (κ2) is 6.89. The molecule has 1 fully saturated rings. The van der Waals surface area contributed by atoms with E-state index >= 15 is 0 Å². The van der Waals surface area contributed by atoms with Crippen molar-refractivity contribution in [2.24, 2.45) is 0 Å². The van der Waals surface area contributed by atoms with E-state index in [1.54, 1.807) is 6.07 Å². The number of fused-ring (bicyclic) bond motifs is 1. The molecule has 1 aromatic heterocycles. The lowest BCUT2D eigenvalue weighted by atomic mass is 10.00. The number of sulfonamides is 1. The van der Waals surface area contributed by atoms with Gasteiger partial charge in [0.25, 0.3) is 0 Å². The van der Waals surface area contributed by atoms with Crippen molar-refractivity contribution < 1.29 is 26.0 Å². The maximum atomic E-state index is 13.0. The minimum absolute atomic E-state index is 0.116. The van der Waals surface area contributed by atoms with E-state index in [-0.39, 0.29) is 23.9 Å². The van der Waals surface area contributed by atoms with Gasteiger partial charge in [-0.25, -0.2) is 13.4 Å². The lowest BCUT2D eigenvalue weighted by Gasteiger charge is -2.30. The Morgan fingerprint density at radius 3 is 2.64 bits per heavy atom. The molecule has 0 radical (unpaired) electrons. The van der Waals surface area contributed by atoms with Gasteiger partial charge in [-0.1, -0.05) is 18.2 Å². The molecule has 9 heteroatoms. The molecule has 0 N–H and O–H groups in total. The third-order valence-electron chi connectivity index (χ3n) is 4.84. The van der Waals surface area contributed by atoms with Crippen molar-refractivity contribution in [3.8, 4) is 0 Å². The van der Waals surface area contributed by atoms with Crippen molar-refractivity contribution in [1.29, 1.82) is 0 Å². The summed E-state index contributed by atoms with van der Waals surface area (Å²) >= 11 is 0. The third kappa shape index (κ3) is 3.51. The molecule has 2 aromatic carbocycles. The molecule has 1 aliphatic heterocycles. The number of para-hydroxylation sites is 2. The van der Waals surface area contributed by atoms with Crippen LogP contribution in [0.5, 0.6) is 0 Å². The molecule has 148 valence electrons. The van der Waals surface area contributed by atoms with E-state index in [4.69, 9.17) is 4.42 Å². The van der Waals surface area contributed by atoms with Gasteiger partial charge in [0.05, 0.1) is 10.5 Å². The predicted octanol–water partition coefficient (Wildman–Crippen LogP) is 4.41. The Labute approximate surface area is 159 Å². The normalized spacial score (nSPS) is 19.2. The second-order valence-electron chi connectivity index (χ2n) is 6.75. The molecule has 1 unspecified atom stereocenters. The summed E-state index contributed by atoms with van der Waals surface area (Å²) in [5.41, 5.74) is 0.326. The van der Waals surface area contributed by atoms with Crippen LogP contribution in [0.4, 0.5) is 13.2 Å². The van der Waals surface area contributed by atoms with Crippen LogP contribution in [-0.4, -0.2) is 30.8 Å². The number of halogens is 3. The van der Waals surface area contributed by atoms with Gasteiger partial charge in [0, 0.05) is 19.0 Å². The van der Waals surface area contributed by atoms with Crippen molar-refractivity contribution in [3.63, 3.8) is 0 Å². The average Bonchev–Trinajstić information content (AvgIpc) is 3.12. The number of benzene rings is 2. The Kier molecular flexibility index (Phi) is 4.67. The van der Waals surface area contributed by atoms with Crippen molar-refractivity contribution in [2.45, 2.75) is 29.8 Å². The zero-order valence-electron chi connectivity index (χ0n) is 14.7. The van der Waals surface area contributed by atoms with Gasteiger partial charge in [-0.3, -0.25) is 0 Å². The molecular formula is C19H17F3N2O3S. The van der Waals surface area contributed by atoms with Crippen LogP contribution in [-0.2, 0) is 16.2 Å². The Hall–Kier alpha value is -2.39. The number of hydrogen-bond donors (Lipinski definition) is 0. The average molecular weight is 410 g/mol. The highest BCUT2D eigenvalue weighted by atomic mass is 32.2. The van der Waals surface area contributed by atoms with Gasteiger partial charge in [-0.05, 0) is 43.2 Å². The lowest BCUT2D eigenvalue weighted by Crippen LogP contribution is -2.39. The first-order valence-electron chi connectivity index (χ1n) is 8.78. The second-order valence-corrected chi connectivity index (χ2v) is 8.69. The minimum atomic E-state index is -4.60. The maximum absolute atomic E-state index is 13.0. The topological polar surface area (TPSA) is 63.4 Å². The zero-order chi connectivity index (χ0) is 19.9. The summed E-state index contributed by atoms with van der Waals surface area (Å²) in [4.78, 5) is 4.07. The summed E-state index contributed by atoms with van der Waals surface area (Å²) in [6.07, 6.45) is -3.34. The molecule has 3 aromatic rings. The highest BCUT2D eigenvalue weighted by Gasteiger charge is 2.35. The Bertz CT molecular complexity index is 1080. The number of nitrogens with zero attached hydrogens (tertiary/aromatic N) is 2. The van der Waals surface area contributed by atoms with Gasteiger partial charge >= 0.3 is 6.18 Å². The first kappa shape index (κ1) is 18.9. The van der Waals surface area contributed by atoms with Gasteiger partial charge in [0.2, 0.25) is 10.0 Å². The molecule has 1 aliphatic rings. The first-order valence-corrected chi connectivity index (χ1v) is 10.2. The molecule has 0 saturated carbocycles. The molecule has 5 nitrogen and oxygen atoms in total. The summed E-state index contributed by atoms with van der Waals surface area (Å²) in [5, 5.41) is 0. The number of alkyl halides is 3. The van der Waals surface area contributed by atoms with Gasteiger partial charge in [0.1, 0.15) is 5.52 Å². The Morgan fingerprint density at radius 1 is 1.11 bits per heavy atom. The van der Waals surface area contributed by atoms with Gasteiger partial charge in [-0.15, -0.1) is 0 Å². The highest BCUT2D eigenvalue weighted by molar-refractivity contribution is 7.89. The van der Waals surface area contributed by atoms with Crippen molar-refractivity contribution >= 4 is 21.1 Å². The number of piperidine rings is 1. The van der Waals surface area contributed by atoms with Gasteiger partial charge < -0.3 is 4.42 Å². The van der Waals surface area contributed by atoms with E-state index in [1.807, 2.05) is 18.2 Å². The molecule has 0 amide bonds. The number of aromatic nitrogens is 1. The van der Waals surface area contributed by atoms with E-state index in [0.717, 1.165) is 12.1 Å². The third-order valence-corrected chi connectivity index (χ3v) is 6.70. The Morgan fingerprint density at radius 2 is 1.89 bits per heavy atom. The zero-order valence-corrected chi connectivity index (χ0v) is 15.5. The Balaban J connectivity index is 1.62. The van der Waals surface area contributed by atoms with E-state index < -0.39 is 21.8 Å². The van der Waals surface area contributed by atoms with Crippen LogP contribution in [0.25, 0.3) is 11.1 Å². The molecule has 0 spiro atoms. The molecule has 4 rings (SSSR count). The predicted molar refractivity (Wildman–Crippen MR) is 96.2 cm³/mol. The fourth-order valence-corrected chi connectivity index (χ4v) is 4.98. The van der Waals surface area contributed by atoms with E-state index in [2.05, 4.69) is 4.98 Å². The molecule has 0 aliphatic carbocycles. The van der Waals surface area contributed by atoms with Crippen LogP contribution in [0.3, 0.4) is 0 Å². The smallest absolute Gasteiger partial charge is 0.416 e. The van der Waals surface area contributed by atoms with E-state index in [1.165, 1.54) is 10.4 Å². The summed E-state index contributed by atoms with van der Waals surface area (Å²) in [6, 6.07) is 11.1. The van der Waals surface area contributed by atoms with Gasteiger partial charge in [-0.2, -0.15) is 17.5 Å². The van der Waals surface area contributed by atoms with Gasteiger partial charge in [0.15, 0.2) is 11.5 Å². The summed E-state index contributed by atoms with van der Waals surface area (Å²) in [7, 11) is -4.05. The highest BCUT2D eigenvalue weighted by Crippen LogP contribution is 2.34. The quantitative estimate of drug-likeness (QED) is 0.642. The SMILES string of the molecule is O=S(=O)(c1cccc(C(F)(F)F)c1)N1CCCC(c2nc3ccccc3o2)C1. The number of rotatable bonds is 3. The van der Waals surface area contributed by atoms with Crippen molar-refractivity contribution in [1.82, 2.24) is 9.29 Å². The summed E-state index contributed by atoms with van der Waals surface area (Å²) < 4.78 is 71.7. The van der Waals surface area contributed by atoms with E-state index in [9.17, 15) is 21.6 Å².